The number of hydrogen-bond donors (Lipinski definition) is 2. The van der Waals surface area contributed by atoms with Gasteiger partial charge in [-0.05, 0) is 208 Å². The fourth-order valence-corrected chi connectivity index (χ4v) is 15.8. The molecular formula is C84H142O18Si2. The summed E-state index contributed by atoms with van der Waals surface area (Å²) < 4.78 is 46.3. The molecular weight excluding hydrogens is 1350 g/mol. The number of fused-ring (bicyclic) bond motifs is 3. The van der Waals surface area contributed by atoms with Gasteiger partial charge in [-0.2, -0.15) is 0 Å². The Morgan fingerprint density at radius 1 is 0.442 bits per heavy atom. The van der Waals surface area contributed by atoms with Crippen LogP contribution in [-0.2, 0) is 75.6 Å². The summed E-state index contributed by atoms with van der Waals surface area (Å²) in [6.07, 6.45) is 6.77. The molecule has 104 heavy (non-hydrogen) atoms. The number of carbonyl (C=O) groups excluding carboxylic acids is 6. The molecule has 2 heterocycles. The Balaban J connectivity index is 0.000000493. The number of aliphatic carboxylic acids is 2. The van der Waals surface area contributed by atoms with Crippen molar-refractivity contribution in [2.75, 3.05) is 6.61 Å². The molecule has 5 rings (SSSR count). The fourth-order valence-electron chi connectivity index (χ4n) is 13.0. The van der Waals surface area contributed by atoms with Crippen LogP contribution in [0.1, 0.15) is 280 Å². The van der Waals surface area contributed by atoms with Gasteiger partial charge in [0, 0.05) is 42.8 Å². The van der Waals surface area contributed by atoms with Gasteiger partial charge in [-0.1, -0.05) is 159 Å². The number of benzene rings is 2. The fraction of sp³-hybridized carbons (Fsp3) is 0.762. The molecule has 0 spiro atoms. The normalized spacial score (nSPS) is 18.1. The van der Waals surface area contributed by atoms with Crippen LogP contribution in [-0.4, -0.2) is 122 Å². The first-order chi connectivity index (χ1) is 47.4. The van der Waals surface area contributed by atoms with Crippen LogP contribution >= 0.6 is 0 Å². The van der Waals surface area contributed by atoms with Crippen LogP contribution in [0.25, 0.3) is 11.1 Å². The van der Waals surface area contributed by atoms with Gasteiger partial charge >= 0.3 is 47.8 Å². The quantitative estimate of drug-likeness (QED) is 0.0392. The zero-order chi connectivity index (χ0) is 80.0. The maximum absolute atomic E-state index is 13.3. The first kappa shape index (κ1) is 94.6. The van der Waals surface area contributed by atoms with E-state index in [0.717, 1.165) is 38.5 Å². The third-order valence-electron chi connectivity index (χ3n) is 19.9. The number of hydrogen-bond acceptors (Lipinski definition) is 16. The highest BCUT2D eigenvalue weighted by Crippen LogP contribution is 2.46. The number of ether oxygens (including phenoxy) is 6. The standard InChI is InChI=1S/C32H46O5Si.C22H44O5Si.2C15H26O4/c1-21(2)17-23(29(18-22(3)31(34)35)37-38(7,8)32(4,5)6)19-30(33)36-20-28-26-15-11-9-13-24(26)25-14-10-12-16-27(25)28;1-15(2)12-17(14-19(23)26-21(4,5)6)18(13-16(3)20(24)25)27-28(10,11)22(7,8)9;2*1-10(2)8-11(12-6-7-13(16)18-12)9-14(17)19-15(3,4)5/h9-16,21-23,28-29H,17-20H2,1-8H3,(H,34,35);15-18H,12-14H2,1-11H3,(H,24,25);2*10-12H,6-9H2,1-5H3/t22-,23?,29+;16-,17?,18+;2*11?,12-/m1100/s1. The van der Waals surface area contributed by atoms with E-state index in [0.29, 0.717) is 68.8 Å². The molecule has 2 fully saturated rings. The number of cyclic esters (lactones) is 2. The SMILES string of the molecule is CC(C)CC(CC(=O)OC(C)(C)C)[C@@H]1CCC(=O)O1.CC(C)CC(CC(=O)OC(C)(C)C)[C@@H]1CCC(=O)O1.CC(C)CC(CC(=O)OC(C)(C)C)[C@H](C[C@@H](C)C(=O)O)O[Si](C)(C)C(C)(C)C.CC(C)CC(CC(=O)OCC1c2ccccc2-c2ccccc21)[C@H](C[C@@H](C)C(=O)O)O[Si](C)(C)C(C)(C)C. The number of carboxylic acid groups (broad SMARTS) is 2. The Hall–Kier alpha value is -5.45. The summed E-state index contributed by atoms with van der Waals surface area (Å²) in [5, 5.41) is 19.1. The van der Waals surface area contributed by atoms with E-state index < -0.39 is 57.2 Å². The molecule has 4 unspecified atom stereocenters. The van der Waals surface area contributed by atoms with E-state index in [4.69, 9.17) is 37.3 Å². The van der Waals surface area contributed by atoms with Gasteiger partial charge in [0.1, 0.15) is 35.6 Å². The highest BCUT2D eigenvalue weighted by Gasteiger charge is 2.45. The highest BCUT2D eigenvalue weighted by atomic mass is 28.4. The summed E-state index contributed by atoms with van der Waals surface area (Å²) >= 11 is 0. The van der Waals surface area contributed by atoms with Gasteiger partial charge in [0.15, 0.2) is 16.6 Å². The third-order valence-corrected chi connectivity index (χ3v) is 28.9. The van der Waals surface area contributed by atoms with Crippen molar-refractivity contribution in [2.45, 2.75) is 346 Å². The predicted molar refractivity (Wildman–Crippen MR) is 418 cm³/mol. The third kappa shape index (κ3) is 35.1. The van der Waals surface area contributed by atoms with Crippen LogP contribution in [0.5, 0.6) is 0 Å². The zero-order valence-electron chi connectivity index (χ0n) is 69.8. The van der Waals surface area contributed by atoms with E-state index in [1.165, 1.54) is 22.3 Å². The molecule has 2 aromatic rings. The van der Waals surface area contributed by atoms with Gasteiger partial charge in [-0.3, -0.25) is 38.4 Å². The molecule has 1 aliphatic carbocycles. The summed E-state index contributed by atoms with van der Waals surface area (Å²) in [6.45, 7) is 59.2. The van der Waals surface area contributed by atoms with Crippen molar-refractivity contribution >= 4 is 64.4 Å². The second-order valence-corrected chi connectivity index (χ2v) is 47.0. The molecule has 2 aromatic carbocycles. The lowest BCUT2D eigenvalue weighted by Crippen LogP contribution is -2.47. The molecule has 2 saturated heterocycles. The van der Waals surface area contributed by atoms with Gasteiger partial charge in [-0.15, -0.1) is 0 Å². The van der Waals surface area contributed by atoms with E-state index in [2.05, 4.69) is 147 Å². The number of esters is 6. The average molecular weight is 1500 g/mol. The van der Waals surface area contributed by atoms with Crippen molar-refractivity contribution in [2.24, 2.45) is 59.2 Å². The van der Waals surface area contributed by atoms with E-state index in [-0.39, 0.29) is 113 Å². The van der Waals surface area contributed by atoms with Crippen LogP contribution in [0.3, 0.4) is 0 Å². The van der Waals surface area contributed by atoms with Gasteiger partial charge in [0.2, 0.25) is 0 Å². The van der Waals surface area contributed by atoms with Crippen LogP contribution < -0.4 is 0 Å². The van der Waals surface area contributed by atoms with Crippen molar-refractivity contribution in [3.63, 3.8) is 0 Å². The maximum atomic E-state index is 13.3. The monoisotopic (exact) mass is 1490 g/mol. The Bertz CT molecular complexity index is 2930. The first-order valence-electron chi connectivity index (χ1n) is 38.6. The second kappa shape index (κ2) is 41.2. The minimum absolute atomic E-state index is 0.00596. The summed E-state index contributed by atoms with van der Waals surface area (Å²) in [4.78, 5) is 95.5. The lowest BCUT2D eigenvalue weighted by molar-refractivity contribution is -0.159. The van der Waals surface area contributed by atoms with Gasteiger partial charge < -0.3 is 47.5 Å². The molecule has 18 nitrogen and oxygen atoms in total. The Kier molecular flexibility index (Phi) is 37.5. The Morgan fingerprint density at radius 3 is 1.01 bits per heavy atom. The molecule has 0 saturated carbocycles. The molecule has 0 aromatic heterocycles. The number of carbonyl (C=O) groups is 8. The van der Waals surface area contributed by atoms with Crippen LogP contribution in [0.2, 0.25) is 36.3 Å². The number of rotatable bonds is 32. The first-order valence-corrected chi connectivity index (χ1v) is 44.4. The van der Waals surface area contributed by atoms with Crippen LogP contribution in [0.15, 0.2) is 48.5 Å². The van der Waals surface area contributed by atoms with Crippen LogP contribution in [0.4, 0.5) is 0 Å². The van der Waals surface area contributed by atoms with E-state index in [1.807, 2.05) is 86.6 Å². The van der Waals surface area contributed by atoms with Gasteiger partial charge in [0.25, 0.3) is 0 Å². The molecule has 2 aliphatic heterocycles. The average Bonchev–Trinajstić information content (AvgIpc) is 1.61. The molecule has 20 heteroatoms. The van der Waals surface area contributed by atoms with E-state index in [9.17, 15) is 48.6 Å². The smallest absolute Gasteiger partial charge is 0.306 e. The molecule has 0 bridgehead atoms. The lowest BCUT2D eigenvalue weighted by atomic mass is 9.85. The second-order valence-electron chi connectivity index (χ2n) is 37.5. The minimum Gasteiger partial charge on any atom is -0.481 e. The van der Waals surface area contributed by atoms with Crippen molar-refractivity contribution < 1.29 is 85.8 Å². The van der Waals surface area contributed by atoms with E-state index in [1.54, 1.807) is 13.8 Å². The molecule has 594 valence electrons. The van der Waals surface area contributed by atoms with Crippen molar-refractivity contribution in [3.05, 3.63) is 59.7 Å². The minimum atomic E-state index is -2.20. The van der Waals surface area contributed by atoms with Crippen molar-refractivity contribution in [3.8, 4) is 11.1 Å². The summed E-state index contributed by atoms with van der Waals surface area (Å²) in [5.41, 5.74) is 3.31. The zero-order valence-corrected chi connectivity index (χ0v) is 71.8. The van der Waals surface area contributed by atoms with Crippen LogP contribution in [0, 0.1) is 59.2 Å². The highest BCUT2D eigenvalue weighted by molar-refractivity contribution is 6.74. The van der Waals surface area contributed by atoms with Gasteiger partial charge in [0.05, 0.1) is 37.5 Å². The summed E-state index contributed by atoms with van der Waals surface area (Å²) in [7, 11) is -4.32. The summed E-state index contributed by atoms with van der Waals surface area (Å²) in [5.74, 6) is -2.32. The molecule has 3 aliphatic rings. The lowest BCUT2D eigenvalue weighted by Gasteiger charge is -2.42. The Morgan fingerprint density at radius 2 is 0.740 bits per heavy atom. The topological polar surface area (TPSA) is 251 Å². The van der Waals surface area contributed by atoms with Gasteiger partial charge in [-0.25, -0.2) is 0 Å². The predicted octanol–water partition coefficient (Wildman–Crippen LogP) is 19.9. The van der Waals surface area contributed by atoms with Crippen molar-refractivity contribution in [1.29, 1.82) is 0 Å². The molecule has 0 radical (unpaired) electrons. The van der Waals surface area contributed by atoms with Crippen molar-refractivity contribution in [1.82, 2.24) is 0 Å². The molecule has 2 N–H and O–H groups in total. The molecule has 0 amide bonds. The Labute approximate surface area is 630 Å². The maximum Gasteiger partial charge on any atom is 0.306 e. The molecule has 10 atom stereocenters. The number of carboxylic acids is 2. The summed E-state index contributed by atoms with van der Waals surface area (Å²) in [6, 6.07) is 16.6. The van der Waals surface area contributed by atoms with E-state index >= 15 is 0 Å². The largest absolute Gasteiger partial charge is 0.481 e.